The van der Waals surface area contributed by atoms with Crippen LogP contribution in [0, 0.1) is 46.3 Å². The Balaban J connectivity index is 1.44. The molecule has 0 spiro atoms. The van der Waals surface area contributed by atoms with Gasteiger partial charge in [-0.05, 0) is 139 Å². The molecule has 230 valence electrons. The van der Waals surface area contributed by atoms with Crippen LogP contribution >= 0.6 is 0 Å². The van der Waals surface area contributed by atoms with Crippen LogP contribution in [0.5, 0.6) is 0 Å². The Morgan fingerprint density at radius 3 is 2.35 bits per heavy atom. The van der Waals surface area contributed by atoms with Gasteiger partial charge in [0.2, 0.25) is 5.91 Å². The quantitative estimate of drug-likeness (QED) is 0.312. The summed E-state index contributed by atoms with van der Waals surface area (Å²) in [6.45, 7) is 13.3. The van der Waals surface area contributed by atoms with Crippen LogP contribution in [0.1, 0.15) is 91.9 Å². The molecule has 40 heavy (non-hydrogen) atoms. The Morgan fingerprint density at radius 2 is 1.65 bits per heavy atom. The lowest BCUT2D eigenvalue weighted by Gasteiger charge is -2.61. The lowest BCUT2D eigenvalue weighted by Crippen LogP contribution is -2.56. The molecule has 4 saturated carbocycles. The minimum atomic E-state index is -0.219. The fraction of sp³-hybridized carbons (Fsp3) is 0.939. The highest BCUT2D eigenvalue weighted by atomic mass is 16.2. The van der Waals surface area contributed by atoms with Crippen molar-refractivity contribution in [3.63, 3.8) is 0 Å². The summed E-state index contributed by atoms with van der Waals surface area (Å²) in [6, 6.07) is 0.467. The number of hydrogen-bond acceptors (Lipinski definition) is 5. The van der Waals surface area contributed by atoms with E-state index in [0.717, 1.165) is 56.1 Å². The minimum Gasteiger partial charge on any atom is -0.338 e. The Kier molecular flexibility index (Phi) is 10.6. The van der Waals surface area contributed by atoms with Crippen LogP contribution in [0.25, 0.3) is 0 Å². The summed E-state index contributed by atoms with van der Waals surface area (Å²) in [5.41, 5.74) is 0.689. The van der Waals surface area contributed by atoms with Crippen molar-refractivity contribution < 1.29 is 9.59 Å². The average molecular weight is 560 g/mol. The van der Waals surface area contributed by atoms with Gasteiger partial charge < -0.3 is 20.9 Å². The molecule has 3 N–H and O–H groups in total. The summed E-state index contributed by atoms with van der Waals surface area (Å²) < 4.78 is 0. The first kappa shape index (κ1) is 31.7. The fourth-order valence-corrected chi connectivity index (χ4v) is 10.2. The standard InChI is InChI=1S/C33H61N5O2/c1-8-35-31(40)38(21-9-20-37(6)7)30(39)23(2)27-12-13-28-26-11-10-24-22-25(36-19-18-34-5)14-16-32(24,3)29(26)15-17-33(27,28)4/h23-29,34,36H,8-22H2,1-7H3,(H,35,40). The fourth-order valence-electron chi connectivity index (χ4n) is 10.2. The van der Waals surface area contributed by atoms with Crippen LogP contribution in [0.15, 0.2) is 0 Å². The van der Waals surface area contributed by atoms with Crippen molar-refractivity contribution >= 4 is 11.9 Å². The summed E-state index contributed by atoms with van der Waals surface area (Å²) >= 11 is 0. The molecule has 7 nitrogen and oxygen atoms in total. The largest absolute Gasteiger partial charge is 0.338 e. The highest BCUT2D eigenvalue weighted by Crippen LogP contribution is 2.68. The second kappa shape index (κ2) is 13.4. The first-order valence-corrected chi connectivity index (χ1v) is 16.7. The van der Waals surface area contributed by atoms with Gasteiger partial charge in [-0.25, -0.2) is 4.79 Å². The molecule has 0 saturated heterocycles. The van der Waals surface area contributed by atoms with Crippen LogP contribution in [0.2, 0.25) is 0 Å². The van der Waals surface area contributed by atoms with E-state index in [1.165, 1.54) is 56.3 Å². The first-order chi connectivity index (χ1) is 19.1. The number of hydrogen-bond donors (Lipinski definition) is 3. The van der Waals surface area contributed by atoms with Crippen LogP contribution < -0.4 is 16.0 Å². The van der Waals surface area contributed by atoms with Crippen molar-refractivity contribution in [1.82, 2.24) is 25.8 Å². The van der Waals surface area contributed by atoms with E-state index in [2.05, 4.69) is 41.6 Å². The second-order valence-electron chi connectivity index (χ2n) is 14.7. The third-order valence-corrected chi connectivity index (χ3v) is 12.4. The number of urea groups is 1. The zero-order valence-corrected chi connectivity index (χ0v) is 26.9. The molecule has 9 unspecified atom stereocenters. The normalized spacial score (nSPS) is 37.8. The van der Waals surface area contributed by atoms with E-state index < -0.39 is 0 Å². The first-order valence-electron chi connectivity index (χ1n) is 16.7. The molecule has 4 fully saturated rings. The van der Waals surface area contributed by atoms with Crippen molar-refractivity contribution in [2.45, 2.75) is 97.9 Å². The molecule has 4 aliphatic carbocycles. The number of amides is 3. The zero-order chi connectivity index (χ0) is 29.1. The molecule has 0 radical (unpaired) electrons. The van der Waals surface area contributed by atoms with E-state index in [4.69, 9.17) is 0 Å². The lowest BCUT2D eigenvalue weighted by atomic mass is 9.44. The van der Waals surface area contributed by atoms with Gasteiger partial charge in [0.1, 0.15) is 0 Å². The van der Waals surface area contributed by atoms with Crippen LogP contribution in [-0.4, -0.2) is 81.6 Å². The van der Waals surface area contributed by atoms with Gasteiger partial charge in [0.05, 0.1) is 0 Å². The molecule has 4 aliphatic rings. The predicted molar refractivity (Wildman–Crippen MR) is 164 cm³/mol. The van der Waals surface area contributed by atoms with Crippen molar-refractivity contribution in [1.29, 1.82) is 0 Å². The van der Waals surface area contributed by atoms with Crippen LogP contribution in [-0.2, 0) is 4.79 Å². The van der Waals surface area contributed by atoms with Crippen LogP contribution in [0.4, 0.5) is 4.79 Å². The monoisotopic (exact) mass is 559 g/mol. The molecule has 0 aromatic carbocycles. The number of nitrogens with one attached hydrogen (secondary N) is 3. The Bertz CT molecular complexity index is 866. The van der Waals surface area contributed by atoms with Gasteiger partial charge in [-0.1, -0.05) is 20.8 Å². The molecular formula is C33H61N5O2. The lowest BCUT2D eigenvalue weighted by molar-refractivity contribution is -0.140. The smallest absolute Gasteiger partial charge is 0.324 e. The highest BCUT2D eigenvalue weighted by molar-refractivity contribution is 5.95. The zero-order valence-electron chi connectivity index (χ0n) is 26.9. The third kappa shape index (κ3) is 6.27. The molecule has 7 heteroatoms. The molecule has 0 heterocycles. The predicted octanol–water partition coefficient (Wildman–Crippen LogP) is 4.97. The SMILES string of the molecule is CCNC(=O)N(CCCN(C)C)C(=O)C(C)C1CCC2C3CCC4CC(NCCNC)CCC4(C)C3CCC12C. The Hall–Kier alpha value is -1.18. The number of carbonyl (C=O) groups is 2. The maximum atomic E-state index is 13.9. The topological polar surface area (TPSA) is 76.7 Å². The minimum absolute atomic E-state index is 0.0402. The molecule has 3 amide bonds. The summed E-state index contributed by atoms with van der Waals surface area (Å²) in [6.07, 6.45) is 12.6. The molecule has 0 aromatic heterocycles. The van der Waals surface area contributed by atoms with E-state index in [9.17, 15) is 9.59 Å². The van der Waals surface area contributed by atoms with Crippen LogP contribution in [0.3, 0.4) is 0 Å². The van der Waals surface area contributed by atoms with Gasteiger partial charge in [-0.15, -0.1) is 0 Å². The van der Waals surface area contributed by atoms with Crippen molar-refractivity contribution in [3.05, 3.63) is 0 Å². The van der Waals surface area contributed by atoms with Gasteiger partial charge in [0, 0.05) is 38.1 Å². The number of likely N-dealkylation sites (N-methyl/N-ethyl adjacent to an activating group) is 1. The number of rotatable bonds is 11. The molecule has 0 aliphatic heterocycles. The third-order valence-electron chi connectivity index (χ3n) is 12.4. The van der Waals surface area contributed by atoms with E-state index in [0.29, 0.717) is 30.5 Å². The molecule has 9 atom stereocenters. The number of imide groups is 1. The van der Waals surface area contributed by atoms with E-state index >= 15 is 0 Å². The van der Waals surface area contributed by atoms with Crippen molar-refractivity contribution in [2.75, 3.05) is 53.9 Å². The number of nitrogens with zero attached hydrogens (tertiary/aromatic N) is 2. The summed E-state index contributed by atoms with van der Waals surface area (Å²) in [4.78, 5) is 30.6. The Labute approximate surface area is 245 Å². The van der Waals surface area contributed by atoms with Crippen molar-refractivity contribution in [3.8, 4) is 0 Å². The van der Waals surface area contributed by atoms with Gasteiger partial charge in [0.15, 0.2) is 0 Å². The van der Waals surface area contributed by atoms with E-state index in [1.807, 2.05) is 28.1 Å². The summed E-state index contributed by atoms with van der Waals surface area (Å²) in [5.74, 6) is 3.52. The summed E-state index contributed by atoms with van der Waals surface area (Å²) in [5, 5.41) is 10.0. The molecule has 4 rings (SSSR count). The maximum Gasteiger partial charge on any atom is 0.324 e. The molecule has 0 aromatic rings. The Morgan fingerprint density at radius 1 is 0.925 bits per heavy atom. The van der Waals surface area contributed by atoms with E-state index in [-0.39, 0.29) is 23.3 Å². The molecule has 0 bridgehead atoms. The highest BCUT2D eigenvalue weighted by Gasteiger charge is 2.61. The van der Waals surface area contributed by atoms with Crippen molar-refractivity contribution in [2.24, 2.45) is 46.3 Å². The summed E-state index contributed by atoms with van der Waals surface area (Å²) in [7, 11) is 6.12. The average Bonchev–Trinajstić information content (AvgIpc) is 3.27. The number of fused-ring (bicyclic) bond motifs is 5. The molecular weight excluding hydrogens is 498 g/mol. The van der Waals surface area contributed by atoms with Gasteiger partial charge >= 0.3 is 6.03 Å². The number of carbonyl (C=O) groups excluding carboxylic acids is 2. The second-order valence-corrected chi connectivity index (χ2v) is 14.7. The van der Waals surface area contributed by atoms with Gasteiger partial charge in [-0.2, -0.15) is 0 Å². The van der Waals surface area contributed by atoms with Gasteiger partial charge in [-0.3, -0.25) is 9.69 Å². The van der Waals surface area contributed by atoms with Gasteiger partial charge in [0.25, 0.3) is 0 Å². The maximum absolute atomic E-state index is 13.9. The van der Waals surface area contributed by atoms with E-state index in [1.54, 1.807) is 0 Å².